The fourth-order valence-electron chi connectivity index (χ4n) is 0.945. The Balaban J connectivity index is 2.59. The van der Waals surface area contributed by atoms with E-state index in [0.29, 0.717) is 11.6 Å². The molecule has 4 heteroatoms. The Morgan fingerprint density at radius 3 is 2.25 bits per heavy atom. The lowest BCUT2D eigenvalue weighted by Gasteiger charge is -2.01. The van der Waals surface area contributed by atoms with Crippen LogP contribution in [-0.2, 0) is 4.79 Å². The molecule has 1 saturated carbocycles. The number of carbonyl (C=O) groups is 1. The van der Waals surface area contributed by atoms with Crippen molar-refractivity contribution < 1.29 is 18.0 Å². The summed E-state index contributed by atoms with van der Waals surface area (Å²) in [7, 11) is 0. The first-order valence-electron chi connectivity index (χ1n) is 3.70. The molecule has 0 atom stereocenters. The lowest BCUT2D eigenvalue weighted by Crippen LogP contribution is -2.20. The minimum Gasteiger partial charge on any atom is -0.285 e. The van der Waals surface area contributed by atoms with E-state index in [1.165, 1.54) is 0 Å². The molecule has 0 spiro atoms. The molecule has 0 amide bonds. The van der Waals surface area contributed by atoms with Crippen molar-refractivity contribution in [3.05, 3.63) is 11.6 Å². The van der Waals surface area contributed by atoms with Gasteiger partial charge in [0, 0.05) is 0 Å². The highest BCUT2D eigenvalue weighted by Crippen LogP contribution is 2.36. The third-order valence-corrected chi connectivity index (χ3v) is 1.86. The molecule has 12 heavy (non-hydrogen) atoms. The Hall–Kier alpha value is -0.800. The minimum absolute atomic E-state index is 0.219. The van der Waals surface area contributed by atoms with Gasteiger partial charge in [0.15, 0.2) is 0 Å². The van der Waals surface area contributed by atoms with Gasteiger partial charge in [-0.15, -0.1) is 0 Å². The summed E-state index contributed by atoms with van der Waals surface area (Å²) in [4.78, 5) is 10.4. The summed E-state index contributed by atoms with van der Waals surface area (Å²) in [6.07, 6.45) is -2.19. The molecule has 0 unspecified atom stereocenters. The van der Waals surface area contributed by atoms with Gasteiger partial charge < -0.3 is 0 Å². The molecule has 0 bridgehead atoms. The first-order chi connectivity index (χ1) is 5.41. The fourth-order valence-corrected chi connectivity index (χ4v) is 0.945. The van der Waals surface area contributed by atoms with Gasteiger partial charge in [-0.1, -0.05) is 5.57 Å². The average Bonchev–Trinajstić information content (AvgIpc) is 2.65. The van der Waals surface area contributed by atoms with Crippen LogP contribution in [0.5, 0.6) is 0 Å². The highest BCUT2D eigenvalue weighted by Gasteiger charge is 2.37. The highest BCUT2D eigenvalue weighted by atomic mass is 19.4. The van der Waals surface area contributed by atoms with Crippen LogP contribution < -0.4 is 0 Å². The first-order valence-corrected chi connectivity index (χ1v) is 3.70. The van der Waals surface area contributed by atoms with E-state index in [2.05, 4.69) is 0 Å². The van der Waals surface area contributed by atoms with Crippen LogP contribution in [0.2, 0.25) is 0 Å². The maximum Gasteiger partial charge on any atom is 0.454 e. The summed E-state index contributed by atoms with van der Waals surface area (Å²) in [6.45, 7) is 1.57. The van der Waals surface area contributed by atoms with Crippen LogP contribution in [0.25, 0.3) is 0 Å². The van der Waals surface area contributed by atoms with Gasteiger partial charge in [0.1, 0.15) is 0 Å². The van der Waals surface area contributed by atoms with Crippen molar-refractivity contribution in [3.8, 4) is 0 Å². The molecule has 1 nitrogen and oxygen atoms in total. The van der Waals surface area contributed by atoms with Crippen molar-refractivity contribution in [2.24, 2.45) is 5.92 Å². The first kappa shape index (κ1) is 9.29. The number of allylic oxidation sites excluding steroid dienone is 2. The smallest absolute Gasteiger partial charge is 0.285 e. The average molecular weight is 178 g/mol. The second kappa shape index (κ2) is 2.92. The van der Waals surface area contributed by atoms with E-state index in [4.69, 9.17) is 0 Å². The van der Waals surface area contributed by atoms with Gasteiger partial charge >= 0.3 is 6.18 Å². The van der Waals surface area contributed by atoms with E-state index in [9.17, 15) is 18.0 Å². The molecule has 0 saturated heterocycles. The van der Waals surface area contributed by atoms with Gasteiger partial charge in [0.25, 0.3) is 5.78 Å². The Morgan fingerprint density at radius 2 is 1.92 bits per heavy atom. The van der Waals surface area contributed by atoms with Gasteiger partial charge in [-0.3, -0.25) is 4.79 Å². The van der Waals surface area contributed by atoms with Gasteiger partial charge in [-0.2, -0.15) is 13.2 Å². The zero-order valence-electron chi connectivity index (χ0n) is 6.61. The summed E-state index contributed by atoms with van der Waals surface area (Å²) in [5.41, 5.74) is 0.553. The predicted molar refractivity (Wildman–Crippen MR) is 37.5 cm³/mol. The van der Waals surface area contributed by atoms with Crippen LogP contribution in [0.1, 0.15) is 19.8 Å². The second-order valence-electron chi connectivity index (χ2n) is 3.02. The van der Waals surface area contributed by atoms with Crippen LogP contribution in [0.3, 0.4) is 0 Å². The molecule has 0 aromatic rings. The number of rotatable bonds is 2. The second-order valence-corrected chi connectivity index (χ2v) is 3.02. The summed E-state index contributed by atoms with van der Waals surface area (Å²) < 4.78 is 35.1. The number of carbonyl (C=O) groups excluding carboxylic acids is 1. The Kier molecular flexibility index (Phi) is 2.26. The third-order valence-electron chi connectivity index (χ3n) is 1.86. The number of alkyl halides is 3. The van der Waals surface area contributed by atoms with Crippen molar-refractivity contribution >= 4 is 5.78 Å². The maximum absolute atomic E-state index is 11.7. The molecule has 1 rings (SSSR count). The van der Waals surface area contributed by atoms with E-state index in [0.717, 1.165) is 12.8 Å². The van der Waals surface area contributed by atoms with Crippen molar-refractivity contribution in [3.63, 3.8) is 0 Å². The van der Waals surface area contributed by atoms with Crippen molar-refractivity contribution in [1.29, 1.82) is 0 Å². The van der Waals surface area contributed by atoms with E-state index in [1.807, 2.05) is 0 Å². The lowest BCUT2D eigenvalue weighted by atomic mass is 10.1. The molecular weight excluding hydrogens is 169 g/mol. The number of hydrogen-bond donors (Lipinski definition) is 0. The van der Waals surface area contributed by atoms with E-state index in [1.54, 1.807) is 6.92 Å². The van der Waals surface area contributed by atoms with E-state index < -0.39 is 12.0 Å². The molecule has 68 valence electrons. The van der Waals surface area contributed by atoms with Crippen LogP contribution >= 0.6 is 0 Å². The van der Waals surface area contributed by atoms with Crippen molar-refractivity contribution in [2.75, 3.05) is 0 Å². The number of halogens is 3. The van der Waals surface area contributed by atoms with Crippen LogP contribution in [0.15, 0.2) is 11.6 Å². The minimum atomic E-state index is -4.71. The molecular formula is C8H9F3O. The van der Waals surface area contributed by atoms with E-state index in [-0.39, 0.29) is 5.92 Å². The van der Waals surface area contributed by atoms with E-state index >= 15 is 0 Å². The van der Waals surface area contributed by atoms with Crippen molar-refractivity contribution in [2.45, 2.75) is 25.9 Å². The Morgan fingerprint density at radius 1 is 1.42 bits per heavy atom. The molecule has 1 aliphatic carbocycles. The molecule has 0 aromatic heterocycles. The maximum atomic E-state index is 11.7. The summed E-state index contributed by atoms with van der Waals surface area (Å²) in [5.74, 6) is -1.52. The molecule has 1 fully saturated rings. The highest BCUT2D eigenvalue weighted by molar-refractivity contribution is 5.94. The van der Waals surface area contributed by atoms with Gasteiger partial charge in [0.2, 0.25) is 0 Å². The Labute approximate surface area is 68.3 Å². The molecule has 0 radical (unpaired) electrons. The normalized spacial score (nSPS) is 19.5. The predicted octanol–water partition coefficient (Wildman–Crippen LogP) is 2.47. The topological polar surface area (TPSA) is 17.1 Å². The molecule has 0 aromatic carbocycles. The summed E-state index contributed by atoms with van der Waals surface area (Å²) in [5, 5.41) is 0. The van der Waals surface area contributed by atoms with Crippen LogP contribution in [-0.4, -0.2) is 12.0 Å². The number of ketones is 1. The molecule has 0 N–H and O–H groups in total. The molecule has 0 heterocycles. The summed E-state index contributed by atoms with van der Waals surface area (Å²) >= 11 is 0. The molecule has 1 aliphatic rings. The van der Waals surface area contributed by atoms with Crippen molar-refractivity contribution in [1.82, 2.24) is 0 Å². The van der Waals surface area contributed by atoms with Gasteiger partial charge in [-0.05, 0) is 31.8 Å². The Bertz CT molecular complexity index is 223. The van der Waals surface area contributed by atoms with Gasteiger partial charge in [-0.25, -0.2) is 0 Å². The summed E-state index contributed by atoms with van der Waals surface area (Å²) in [6, 6.07) is 0. The molecule has 0 aliphatic heterocycles. The lowest BCUT2D eigenvalue weighted by molar-refractivity contribution is -0.165. The zero-order valence-corrected chi connectivity index (χ0v) is 6.61. The monoisotopic (exact) mass is 178 g/mol. The largest absolute Gasteiger partial charge is 0.454 e. The fraction of sp³-hybridized carbons (Fsp3) is 0.625. The SMILES string of the molecule is C/C(=C\C(=O)C(F)(F)F)C1CC1. The van der Waals surface area contributed by atoms with Gasteiger partial charge in [0.05, 0.1) is 0 Å². The zero-order chi connectivity index (χ0) is 9.35. The third kappa shape index (κ3) is 2.36. The quantitative estimate of drug-likeness (QED) is 0.593. The van der Waals surface area contributed by atoms with Crippen LogP contribution in [0, 0.1) is 5.92 Å². The number of hydrogen-bond acceptors (Lipinski definition) is 1. The van der Waals surface area contributed by atoms with Crippen LogP contribution in [0.4, 0.5) is 13.2 Å². The standard InChI is InChI=1S/C8H9F3O/c1-5(6-2-3-6)4-7(12)8(9,10)11/h4,6H,2-3H2,1H3/b5-4+.